The fourth-order valence-electron chi connectivity index (χ4n) is 6.98. The van der Waals surface area contributed by atoms with Crippen LogP contribution in [0.2, 0.25) is 0 Å². The van der Waals surface area contributed by atoms with Crippen LogP contribution >= 0.6 is 0 Å². The first kappa shape index (κ1) is 19.4. The van der Waals surface area contributed by atoms with E-state index < -0.39 is 0 Å². The van der Waals surface area contributed by atoms with Crippen molar-refractivity contribution in [2.45, 2.75) is 82.3 Å². The molecule has 4 heteroatoms. The minimum absolute atomic E-state index is 0.0744. The third kappa shape index (κ3) is 3.64. The molecule has 6 fully saturated rings. The SMILES string of the molecule is CC(C)(C)c1cc(OCC2CO2)c(OCC2CO2)cc1C12CC3CC(CC(C3)C1)C2. The summed E-state index contributed by atoms with van der Waals surface area (Å²) >= 11 is 0. The smallest absolute Gasteiger partial charge is 0.161 e. The van der Waals surface area contributed by atoms with Gasteiger partial charge < -0.3 is 18.9 Å². The van der Waals surface area contributed by atoms with E-state index in [0.717, 1.165) is 42.5 Å². The van der Waals surface area contributed by atoms with Crippen LogP contribution in [-0.4, -0.2) is 38.6 Å². The van der Waals surface area contributed by atoms with Crippen molar-refractivity contribution >= 4 is 0 Å². The average Bonchev–Trinajstić information content (AvgIpc) is 3.58. The van der Waals surface area contributed by atoms with E-state index in [2.05, 4.69) is 32.9 Å². The van der Waals surface area contributed by atoms with E-state index in [1.807, 2.05) is 0 Å². The van der Waals surface area contributed by atoms with E-state index >= 15 is 0 Å². The molecule has 7 rings (SSSR count). The fraction of sp³-hybridized carbons (Fsp3) is 0.769. The molecule has 2 atom stereocenters. The summed E-state index contributed by atoms with van der Waals surface area (Å²) < 4.78 is 23.3. The second-order valence-electron chi connectivity index (χ2n) is 11.8. The summed E-state index contributed by atoms with van der Waals surface area (Å²) in [5, 5.41) is 0. The molecule has 4 nitrogen and oxygen atoms in total. The van der Waals surface area contributed by atoms with Crippen LogP contribution in [-0.2, 0) is 20.3 Å². The zero-order valence-corrected chi connectivity index (χ0v) is 18.7. The molecule has 0 amide bonds. The Bertz CT molecular complexity index is 780. The molecule has 2 unspecified atom stereocenters. The molecule has 1 aromatic carbocycles. The summed E-state index contributed by atoms with van der Waals surface area (Å²) in [6.45, 7) is 9.88. The normalized spacial score (nSPS) is 38.6. The van der Waals surface area contributed by atoms with E-state index in [1.165, 1.54) is 44.1 Å². The number of hydrogen-bond donors (Lipinski definition) is 0. The molecule has 4 saturated carbocycles. The van der Waals surface area contributed by atoms with Crippen LogP contribution in [0, 0.1) is 17.8 Å². The Morgan fingerprint density at radius 2 is 1.30 bits per heavy atom. The van der Waals surface area contributed by atoms with Gasteiger partial charge in [-0.05, 0) is 90.4 Å². The molecular weight excluding hydrogens is 376 g/mol. The van der Waals surface area contributed by atoms with Gasteiger partial charge in [-0.15, -0.1) is 0 Å². The standard InChI is InChI=1S/C26H36O4/c1-25(2,3)21-7-23(29-14-19-12-27-19)24(30-15-20-13-28-20)8-22(21)26-9-16-4-17(10-26)6-18(5-16)11-26/h7-8,16-20H,4-6,9-15H2,1-3H3. The quantitative estimate of drug-likeness (QED) is 0.591. The van der Waals surface area contributed by atoms with Crippen LogP contribution in [0.4, 0.5) is 0 Å². The lowest BCUT2D eigenvalue weighted by atomic mass is 9.47. The monoisotopic (exact) mass is 412 g/mol. The maximum atomic E-state index is 6.29. The highest BCUT2D eigenvalue weighted by Gasteiger charge is 2.53. The minimum atomic E-state index is 0.0744. The lowest BCUT2D eigenvalue weighted by molar-refractivity contribution is -0.00607. The van der Waals surface area contributed by atoms with Crippen molar-refractivity contribution in [2.75, 3.05) is 26.4 Å². The van der Waals surface area contributed by atoms with Gasteiger partial charge in [0, 0.05) is 0 Å². The second-order valence-corrected chi connectivity index (χ2v) is 11.8. The van der Waals surface area contributed by atoms with Gasteiger partial charge in [-0.3, -0.25) is 0 Å². The Morgan fingerprint density at radius 1 is 0.833 bits per heavy atom. The highest BCUT2D eigenvalue weighted by atomic mass is 16.6. The summed E-state index contributed by atoms with van der Waals surface area (Å²) in [5.41, 5.74) is 3.41. The fourth-order valence-corrected chi connectivity index (χ4v) is 6.98. The van der Waals surface area contributed by atoms with Crippen molar-refractivity contribution in [1.29, 1.82) is 0 Å². The molecular formula is C26H36O4. The van der Waals surface area contributed by atoms with Crippen LogP contribution in [0.25, 0.3) is 0 Å². The van der Waals surface area contributed by atoms with Crippen molar-refractivity contribution in [1.82, 2.24) is 0 Å². The molecule has 30 heavy (non-hydrogen) atoms. The number of benzene rings is 1. The maximum Gasteiger partial charge on any atom is 0.161 e. The van der Waals surface area contributed by atoms with Gasteiger partial charge in [0.2, 0.25) is 0 Å². The lowest BCUT2D eigenvalue weighted by Gasteiger charge is -2.58. The predicted molar refractivity (Wildman–Crippen MR) is 115 cm³/mol. The molecule has 0 N–H and O–H groups in total. The van der Waals surface area contributed by atoms with Gasteiger partial charge in [-0.2, -0.15) is 0 Å². The number of ether oxygens (including phenoxy) is 4. The first-order valence-corrected chi connectivity index (χ1v) is 12.1. The molecule has 164 valence electrons. The van der Waals surface area contributed by atoms with E-state index in [-0.39, 0.29) is 17.6 Å². The second kappa shape index (κ2) is 6.87. The van der Waals surface area contributed by atoms with Crippen molar-refractivity contribution < 1.29 is 18.9 Å². The molecule has 4 bridgehead atoms. The van der Waals surface area contributed by atoms with Gasteiger partial charge in [-0.1, -0.05) is 20.8 Å². The van der Waals surface area contributed by atoms with Gasteiger partial charge in [0.25, 0.3) is 0 Å². The highest BCUT2D eigenvalue weighted by molar-refractivity contribution is 5.53. The Labute approximate surface area is 180 Å². The van der Waals surface area contributed by atoms with Crippen molar-refractivity contribution in [3.05, 3.63) is 23.3 Å². The first-order chi connectivity index (χ1) is 14.4. The maximum absolute atomic E-state index is 6.29. The Hall–Kier alpha value is -1.26. The van der Waals surface area contributed by atoms with Gasteiger partial charge >= 0.3 is 0 Å². The molecule has 4 aliphatic carbocycles. The molecule has 6 aliphatic rings. The van der Waals surface area contributed by atoms with Crippen LogP contribution in [0.5, 0.6) is 11.5 Å². The molecule has 0 radical (unpaired) electrons. The number of rotatable bonds is 7. The van der Waals surface area contributed by atoms with Crippen molar-refractivity contribution in [2.24, 2.45) is 17.8 Å². The molecule has 2 saturated heterocycles. The predicted octanol–water partition coefficient (Wildman–Crippen LogP) is 5.01. The topological polar surface area (TPSA) is 43.5 Å². The first-order valence-electron chi connectivity index (χ1n) is 12.1. The van der Waals surface area contributed by atoms with E-state index in [4.69, 9.17) is 18.9 Å². The van der Waals surface area contributed by atoms with Crippen LogP contribution in [0.1, 0.15) is 70.4 Å². The highest BCUT2D eigenvalue weighted by Crippen LogP contribution is 2.62. The van der Waals surface area contributed by atoms with Crippen LogP contribution < -0.4 is 9.47 Å². The Balaban J connectivity index is 1.41. The Kier molecular flexibility index (Phi) is 4.45. The number of hydrogen-bond acceptors (Lipinski definition) is 4. The largest absolute Gasteiger partial charge is 0.487 e. The Morgan fingerprint density at radius 3 is 1.73 bits per heavy atom. The zero-order chi connectivity index (χ0) is 20.5. The van der Waals surface area contributed by atoms with Crippen molar-refractivity contribution in [3.63, 3.8) is 0 Å². The van der Waals surface area contributed by atoms with Gasteiger partial charge in [0.1, 0.15) is 25.4 Å². The summed E-state index contributed by atoms with van der Waals surface area (Å²) in [6.07, 6.45) is 8.98. The van der Waals surface area contributed by atoms with Gasteiger partial charge in [-0.25, -0.2) is 0 Å². The molecule has 2 heterocycles. The van der Waals surface area contributed by atoms with Crippen molar-refractivity contribution in [3.8, 4) is 11.5 Å². The van der Waals surface area contributed by atoms with E-state index in [0.29, 0.717) is 18.6 Å². The van der Waals surface area contributed by atoms with E-state index in [1.54, 1.807) is 5.56 Å². The molecule has 0 spiro atoms. The molecule has 1 aromatic rings. The van der Waals surface area contributed by atoms with Gasteiger partial charge in [0.05, 0.1) is 13.2 Å². The zero-order valence-electron chi connectivity index (χ0n) is 18.7. The average molecular weight is 413 g/mol. The third-order valence-electron chi connectivity index (χ3n) is 8.16. The molecule has 0 aromatic heterocycles. The lowest BCUT2D eigenvalue weighted by Crippen LogP contribution is -2.49. The number of epoxide rings is 2. The van der Waals surface area contributed by atoms with Gasteiger partial charge in [0.15, 0.2) is 11.5 Å². The summed E-state index contributed by atoms with van der Waals surface area (Å²) in [7, 11) is 0. The summed E-state index contributed by atoms with van der Waals surface area (Å²) in [5.74, 6) is 4.57. The third-order valence-corrected chi connectivity index (χ3v) is 8.16. The van der Waals surface area contributed by atoms with E-state index in [9.17, 15) is 0 Å². The van der Waals surface area contributed by atoms with Crippen LogP contribution in [0.15, 0.2) is 12.1 Å². The minimum Gasteiger partial charge on any atom is -0.487 e. The summed E-state index contributed by atoms with van der Waals surface area (Å²) in [4.78, 5) is 0. The summed E-state index contributed by atoms with van der Waals surface area (Å²) in [6, 6.07) is 4.68. The molecule has 2 aliphatic heterocycles. The van der Waals surface area contributed by atoms with Crippen LogP contribution in [0.3, 0.4) is 0 Å².